The molecule has 66 valence electrons. The SMILES string of the molecule is CC(=O)NCc1oc(=O)oc1C. The normalized spacial score (nSPS) is 9.83. The van der Waals surface area contributed by atoms with E-state index in [1.54, 1.807) is 6.92 Å². The molecule has 5 heteroatoms. The van der Waals surface area contributed by atoms with E-state index in [0.717, 1.165) is 0 Å². The van der Waals surface area contributed by atoms with Crippen molar-refractivity contribution in [2.75, 3.05) is 0 Å². The molecule has 0 aliphatic carbocycles. The summed E-state index contributed by atoms with van der Waals surface area (Å²) in [5.41, 5.74) is 0. The second kappa shape index (κ2) is 3.25. The summed E-state index contributed by atoms with van der Waals surface area (Å²) in [6.45, 7) is 3.17. The number of carbonyl (C=O) groups is 1. The fraction of sp³-hybridized carbons (Fsp3) is 0.429. The van der Waals surface area contributed by atoms with Crippen LogP contribution in [0.5, 0.6) is 0 Å². The van der Waals surface area contributed by atoms with Crippen molar-refractivity contribution in [1.82, 2.24) is 5.32 Å². The number of rotatable bonds is 2. The maximum absolute atomic E-state index is 10.5. The Hall–Kier alpha value is -1.52. The largest absolute Gasteiger partial charge is 0.519 e. The van der Waals surface area contributed by atoms with Crippen LogP contribution in [-0.4, -0.2) is 5.91 Å². The maximum atomic E-state index is 10.5. The molecule has 0 aliphatic rings. The van der Waals surface area contributed by atoms with E-state index in [1.807, 2.05) is 0 Å². The molecule has 0 aromatic carbocycles. The zero-order valence-corrected chi connectivity index (χ0v) is 6.84. The number of hydrogen-bond donors (Lipinski definition) is 1. The van der Waals surface area contributed by atoms with Crippen LogP contribution in [0.15, 0.2) is 13.6 Å². The van der Waals surface area contributed by atoms with Crippen LogP contribution in [0.4, 0.5) is 0 Å². The quantitative estimate of drug-likeness (QED) is 0.688. The molecule has 1 aromatic rings. The van der Waals surface area contributed by atoms with Crippen molar-refractivity contribution < 1.29 is 13.6 Å². The summed E-state index contributed by atoms with van der Waals surface area (Å²) in [6, 6.07) is 0. The average molecular weight is 171 g/mol. The van der Waals surface area contributed by atoms with E-state index < -0.39 is 5.82 Å². The molecular formula is C7H9NO4. The molecule has 1 aromatic heterocycles. The van der Waals surface area contributed by atoms with Crippen LogP contribution in [0, 0.1) is 6.92 Å². The highest BCUT2D eigenvalue weighted by Gasteiger charge is 2.07. The second-order valence-electron chi connectivity index (χ2n) is 2.34. The third-order valence-electron chi connectivity index (χ3n) is 1.33. The first-order valence-electron chi connectivity index (χ1n) is 3.43. The van der Waals surface area contributed by atoms with Gasteiger partial charge in [-0.1, -0.05) is 0 Å². The fourth-order valence-corrected chi connectivity index (χ4v) is 0.741. The number of amides is 1. The molecule has 0 saturated carbocycles. The molecule has 0 saturated heterocycles. The first kappa shape index (κ1) is 8.58. The Kier molecular flexibility index (Phi) is 2.32. The minimum Gasteiger partial charge on any atom is -0.396 e. The van der Waals surface area contributed by atoms with Gasteiger partial charge in [-0.05, 0) is 6.92 Å². The van der Waals surface area contributed by atoms with Crippen LogP contribution in [0.1, 0.15) is 18.4 Å². The zero-order valence-electron chi connectivity index (χ0n) is 6.84. The summed E-state index contributed by atoms with van der Waals surface area (Å²) < 4.78 is 9.20. The Balaban J connectivity index is 2.69. The number of carbonyl (C=O) groups excluding carboxylic acids is 1. The zero-order chi connectivity index (χ0) is 9.14. The van der Waals surface area contributed by atoms with Gasteiger partial charge in [0, 0.05) is 6.92 Å². The third kappa shape index (κ3) is 1.98. The van der Waals surface area contributed by atoms with Crippen LogP contribution in [-0.2, 0) is 11.3 Å². The summed E-state index contributed by atoms with van der Waals surface area (Å²) in [7, 11) is 0. The van der Waals surface area contributed by atoms with Crippen molar-refractivity contribution >= 4 is 5.91 Å². The Labute approximate surface area is 68.4 Å². The lowest BCUT2D eigenvalue weighted by molar-refractivity contribution is -0.119. The van der Waals surface area contributed by atoms with Gasteiger partial charge in [-0.25, -0.2) is 4.79 Å². The van der Waals surface area contributed by atoms with Gasteiger partial charge in [-0.3, -0.25) is 4.79 Å². The molecule has 0 radical (unpaired) electrons. The van der Waals surface area contributed by atoms with E-state index >= 15 is 0 Å². The van der Waals surface area contributed by atoms with E-state index in [0.29, 0.717) is 11.5 Å². The Morgan fingerprint density at radius 1 is 1.50 bits per heavy atom. The van der Waals surface area contributed by atoms with Gasteiger partial charge in [0.05, 0.1) is 6.54 Å². The van der Waals surface area contributed by atoms with Crippen LogP contribution in [0.3, 0.4) is 0 Å². The van der Waals surface area contributed by atoms with Gasteiger partial charge in [-0.2, -0.15) is 0 Å². The minimum atomic E-state index is -0.743. The van der Waals surface area contributed by atoms with E-state index in [2.05, 4.69) is 14.2 Å². The first-order chi connectivity index (χ1) is 5.59. The molecule has 12 heavy (non-hydrogen) atoms. The van der Waals surface area contributed by atoms with Gasteiger partial charge >= 0.3 is 5.82 Å². The van der Waals surface area contributed by atoms with Gasteiger partial charge in [0.15, 0.2) is 5.76 Å². The lowest BCUT2D eigenvalue weighted by atomic mass is 10.4. The van der Waals surface area contributed by atoms with Gasteiger partial charge in [0.1, 0.15) is 5.76 Å². The van der Waals surface area contributed by atoms with Gasteiger partial charge in [0.2, 0.25) is 5.91 Å². The average Bonchev–Trinajstić information content (AvgIpc) is 2.26. The van der Waals surface area contributed by atoms with Crippen LogP contribution < -0.4 is 11.1 Å². The molecule has 1 amide bonds. The number of hydrogen-bond acceptors (Lipinski definition) is 4. The summed E-state index contributed by atoms with van der Waals surface area (Å²) in [5.74, 6) is -0.171. The van der Waals surface area contributed by atoms with Crippen molar-refractivity contribution in [1.29, 1.82) is 0 Å². The molecule has 1 rings (SSSR count). The lowest BCUT2D eigenvalue weighted by Gasteiger charge is -1.96. The van der Waals surface area contributed by atoms with E-state index in [4.69, 9.17) is 0 Å². The molecule has 0 aliphatic heterocycles. The smallest absolute Gasteiger partial charge is 0.396 e. The maximum Gasteiger partial charge on any atom is 0.519 e. The Morgan fingerprint density at radius 2 is 2.17 bits per heavy atom. The summed E-state index contributed by atoms with van der Waals surface area (Å²) in [4.78, 5) is 21.0. The number of aryl methyl sites for hydroxylation is 1. The summed E-state index contributed by atoms with van der Waals surface area (Å²) >= 11 is 0. The molecule has 0 bridgehead atoms. The minimum absolute atomic E-state index is 0.182. The highest BCUT2D eigenvalue weighted by molar-refractivity contribution is 5.72. The molecule has 0 atom stereocenters. The second-order valence-corrected chi connectivity index (χ2v) is 2.34. The van der Waals surface area contributed by atoms with Crippen molar-refractivity contribution in [2.45, 2.75) is 20.4 Å². The van der Waals surface area contributed by atoms with Crippen LogP contribution in [0.25, 0.3) is 0 Å². The predicted molar refractivity (Wildman–Crippen MR) is 39.5 cm³/mol. The number of nitrogens with one attached hydrogen (secondary N) is 1. The van der Waals surface area contributed by atoms with Crippen LogP contribution >= 0.6 is 0 Å². The van der Waals surface area contributed by atoms with E-state index in [1.165, 1.54) is 6.92 Å². The molecule has 0 unspecified atom stereocenters. The molecule has 1 heterocycles. The predicted octanol–water partition coefficient (Wildman–Crippen LogP) is 0.177. The van der Waals surface area contributed by atoms with Crippen molar-refractivity contribution in [3.8, 4) is 0 Å². The Morgan fingerprint density at radius 3 is 2.58 bits per heavy atom. The van der Waals surface area contributed by atoms with Crippen molar-refractivity contribution in [2.24, 2.45) is 0 Å². The first-order valence-corrected chi connectivity index (χ1v) is 3.43. The van der Waals surface area contributed by atoms with Gasteiger partial charge in [0.25, 0.3) is 0 Å². The monoisotopic (exact) mass is 171 g/mol. The van der Waals surface area contributed by atoms with Crippen LogP contribution in [0.2, 0.25) is 0 Å². The molecule has 0 fully saturated rings. The fourth-order valence-electron chi connectivity index (χ4n) is 0.741. The highest BCUT2D eigenvalue weighted by atomic mass is 16.6. The third-order valence-corrected chi connectivity index (χ3v) is 1.33. The lowest BCUT2D eigenvalue weighted by Crippen LogP contribution is -2.19. The van der Waals surface area contributed by atoms with E-state index in [9.17, 15) is 9.59 Å². The molecular weight excluding hydrogens is 162 g/mol. The van der Waals surface area contributed by atoms with Crippen molar-refractivity contribution in [3.63, 3.8) is 0 Å². The molecule has 0 spiro atoms. The topological polar surface area (TPSA) is 72.5 Å². The van der Waals surface area contributed by atoms with E-state index in [-0.39, 0.29) is 12.5 Å². The van der Waals surface area contributed by atoms with Gasteiger partial charge in [-0.15, -0.1) is 0 Å². The van der Waals surface area contributed by atoms with Crippen molar-refractivity contribution in [3.05, 3.63) is 22.1 Å². The standard InChI is InChI=1S/C7H9NO4/c1-4-6(3-8-5(2)9)12-7(10)11-4/h3H2,1-2H3,(H,8,9). The molecule has 1 N–H and O–H groups in total. The Bertz CT molecular complexity index is 335. The highest BCUT2D eigenvalue weighted by Crippen LogP contribution is 2.03. The van der Waals surface area contributed by atoms with Gasteiger partial charge < -0.3 is 14.2 Å². The summed E-state index contributed by atoms with van der Waals surface area (Å²) in [5, 5.41) is 2.48. The summed E-state index contributed by atoms with van der Waals surface area (Å²) in [6.07, 6.45) is 0. The molecule has 5 nitrogen and oxygen atoms in total.